The zero-order chi connectivity index (χ0) is 15.1. The van der Waals surface area contributed by atoms with Crippen LogP contribution in [0.1, 0.15) is 32.3 Å². The van der Waals surface area contributed by atoms with Crippen LogP contribution in [0.25, 0.3) is 0 Å². The minimum absolute atomic E-state index is 0.639. The molecule has 5 nitrogen and oxygen atoms in total. The Hall–Kier alpha value is -1.78. The minimum atomic E-state index is 0.639. The van der Waals surface area contributed by atoms with Crippen LogP contribution in [0.5, 0.6) is 5.88 Å². The Morgan fingerprint density at radius 1 is 1.43 bits per heavy atom. The third-order valence-electron chi connectivity index (χ3n) is 3.84. The number of piperidine rings is 1. The van der Waals surface area contributed by atoms with Crippen molar-refractivity contribution in [3.8, 4) is 5.88 Å². The summed E-state index contributed by atoms with van der Waals surface area (Å²) in [7, 11) is 1.63. The van der Waals surface area contributed by atoms with Crippen molar-refractivity contribution in [3.63, 3.8) is 0 Å². The molecule has 2 rings (SSSR count). The molecular formula is C16H26N4O. The van der Waals surface area contributed by atoms with Crippen molar-refractivity contribution in [1.29, 1.82) is 0 Å². The number of methoxy groups -OCH3 is 1. The molecule has 1 fully saturated rings. The molecule has 1 aromatic rings. The number of nitrogens with zero attached hydrogens (tertiary/aromatic N) is 3. The van der Waals surface area contributed by atoms with Gasteiger partial charge in [-0.2, -0.15) is 0 Å². The van der Waals surface area contributed by atoms with Crippen molar-refractivity contribution in [3.05, 3.63) is 23.9 Å². The largest absolute Gasteiger partial charge is 0.481 e. The lowest BCUT2D eigenvalue weighted by Gasteiger charge is -2.33. The SMILES string of the molecule is CCNC(=NCc1ccc(OC)nc1)N1CCC(C)CC1. The van der Waals surface area contributed by atoms with Crippen LogP contribution in [0.15, 0.2) is 23.3 Å². The first-order chi connectivity index (χ1) is 10.2. The number of ether oxygens (including phenoxy) is 1. The molecule has 21 heavy (non-hydrogen) atoms. The van der Waals surface area contributed by atoms with Crippen LogP contribution in [-0.4, -0.2) is 42.6 Å². The Balaban J connectivity index is 1.99. The summed E-state index contributed by atoms with van der Waals surface area (Å²) < 4.78 is 5.07. The second kappa shape index (κ2) is 7.86. The molecule has 0 radical (unpaired) electrons. The van der Waals surface area contributed by atoms with Crippen molar-refractivity contribution in [2.45, 2.75) is 33.2 Å². The van der Waals surface area contributed by atoms with E-state index in [0.29, 0.717) is 12.4 Å². The molecule has 0 spiro atoms. The van der Waals surface area contributed by atoms with Gasteiger partial charge in [0, 0.05) is 31.9 Å². The maximum absolute atomic E-state index is 5.07. The van der Waals surface area contributed by atoms with Gasteiger partial charge in [0.2, 0.25) is 5.88 Å². The lowest BCUT2D eigenvalue weighted by Crippen LogP contribution is -2.45. The highest BCUT2D eigenvalue weighted by Crippen LogP contribution is 2.16. The lowest BCUT2D eigenvalue weighted by atomic mass is 10.00. The van der Waals surface area contributed by atoms with Crippen LogP contribution in [0.3, 0.4) is 0 Å². The molecule has 0 atom stereocenters. The Morgan fingerprint density at radius 2 is 2.19 bits per heavy atom. The molecule has 1 N–H and O–H groups in total. The summed E-state index contributed by atoms with van der Waals surface area (Å²) in [6.45, 7) is 8.15. The number of pyridine rings is 1. The molecule has 0 bridgehead atoms. The molecule has 0 amide bonds. The maximum Gasteiger partial charge on any atom is 0.212 e. The van der Waals surface area contributed by atoms with Crippen LogP contribution in [0, 0.1) is 5.92 Å². The van der Waals surface area contributed by atoms with Crippen LogP contribution in [-0.2, 0) is 6.54 Å². The molecule has 1 aliphatic heterocycles. The van der Waals surface area contributed by atoms with Gasteiger partial charge in [-0.25, -0.2) is 9.98 Å². The van der Waals surface area contributed by atoms with E-state index in [-0.39, 0.29) is 0 Å². The Bertz CT molecular complexity index is 450. The fourth-order valence-electron chi connectivity index (χ4n) is 2.44. The van der Waals surface area contributed by atoms with E-state index in [4.69, 9.17) is 9.73 Å². The number of aromatic nitrogens is 1. The fraction of sp³-hybridized carbons (Fsp3) is 0.625. The summed E-state index contributed by atoms with van der Waals surface area (Å²) in [6.07, 6.45) is 4.31. The van der Waals surface area contributed by atoms with Gasteiger partial charge < -0.3 is 15.0 Å². The van der Waals surface area contributed by atoms with Gasteiger partial charge >= 0.3 is 0 Å². The zero-order valence-electron chi connectivity index (χ0n) is 13.3. The normalized spacial score (nSPS) is 16.9. The number of nitrogens with one attached hydrogen (secondary N) is 1. The Kier molecular flexibility index (Phi) is 5.84. The van der Waals surface area contributed by atoms with Gasteiger partial charge in [-0.1, -0.05) is 13.0 Å². The quantitative estimate of drug-likeness (QED) is 0.683. The van der Waals surface area contributed by atoms with Crippen LogP contribution < -0.4 is 10.1 Å². The van der Waals surface area contributed by atoms with E-state index in [1.807, 2.05) is 18.3 Å². The first-order valence-electron chi connectivity index (χ1n) is 7.75. The molecule has 0 aromatic carbocycles. The van der Waals surface area contributed by atoms with E-state index >= 15 is 0 Å². The zero-order valence-corrected chi connectivity index (χ0v) is 13.3. The number of guanidine groups is 1. The molecular weight excluding hydrogens is 264 g/mol. The summed E-state index contributed by atoms with van der Waals surface area (Å²) in [4.78, 5) is 11.3. The van der Waals surface area contributed by atoms with E-state index in [0.717, 1.165) is 37.1 Å². The highest BCUT2D eigenvalue weighted by atomic mass is 16.5. The third kappa shape index (κ3) is 4.62. The van der Waals surface area contributed by atoms with Gasteiger partial charge in [0.15, 0.2) is 5.96 Å². The predicted octanol–water partition coefficient (Wildman–Crippen LogP) is 2.29. The second-order valence-corrected chi connectivity index (χ2v) is 5.55. The van der Waals surface area contributed by atoms with E-state index in [1.165, 1.54) is 12.8 Å². The summed E-state index contributed by atoms with van der Waals surface area (Å²) in [5.41, 5.74) is 1.09. The molecule has 0 saturated carbocycles. The van der Waals surface area contributed by atoms with Crippen molar-refractivity contribution in [2.24, 2.45) is 10.9 Å². The van der Waals surface area contributed by atoms with E-state index in [1.54, 1.807) is 7.11 Å². The van der Waals surface area contributed by atoms with Crippen molar-refractivity contribution in [2.75, 3.05) is 26.7 Å². The Labute approximate surface area is 127 Å². The topological polar surface area (TPSA) is 49.8 Å². The van der Waals surface area contributed by atoms with E-state index in [9.17, 15) is 0 Å². The molecule has 1 aliphatic rings. The molecule has 0 aliphatic carbocycles. The second-order valence-electron chi connectivity index (χ2n) is 5.55. The standard InChI is InChI=1S/C16H26N4O/c1-4-17-16(20-9-7-13(2)8-10-20)19-12-14-5-6-15(21-3)18-11-14/h5-6,11,13H,4,7-10,12H2,1-3H3,(H,17,19). The van der Waals surface area contributed by atoms with E-state index in [2.05, 4.69) is 29.0 Å². The highest BCUT2D eigenvalue weighted by molar-refractivity contribution is 5.80. The van der Waals surface area contributed by atoms with Gasteiger partial charge in [-0.15, -0.1) is 0 Å². The summed E-state index contributed by atoms with van der Waals surface area (Å²) in [6, 6.07) is 3.89. The predicted molar refractivity (Wildman–Crippen MR) is 85.6 cm³/mol. The molecule has 1 aromatic heterocycles. The van der Waals surface area contributed by atoms with Crippen LogP contribution >= 0.6 is 0 Å². The van der Waals surface area contributed by atoms with Crippen molar-refractivity contribution in [1.82, 2.24) is 15.2 Å². The number of hydrogen-bond donors (Lipinski definition) is 1. The summed E-state index contributed by atoms with van der Waals surface area (Å²) in [5, 5.41) is 3.39. The summed E-state index contributed by atoms with van der Waals surface area (Å²) in [5.74, 6) is 2.48. The monoisotopic (exact) mass is 290 g/mol. The third-order valence-corrected chi connectivity index (χ3v) is 3.84. The van der Waals surface area contributed by atoms with Crippen LogP contribution in [0.2, 0.25) is 0 Å². The smallest absolute Gasteiger partial charge is 0.212 e. The fourth-order valence-corrected chi connectivity index (χ4v) is 2.44. The summed E-state index contributed by atoms with van der Waals surface area (Å²) >= 11 is 0. The number of aliphatic imine (C=N–C) groups is 1. The average Bonchev–Trinajstić information content (AvgIpc) is 2.53. The van der Waals surface area contributed by atoms with Gasteiger partial charge in [-0.3, -0.25) is 0 Å². The first-order valence-corrected chi connectivity index (χ1v) is 7.75. The molecule has 2 heterocycles. The lowest BCUT2D eigenvalue weighted by molar-refractivity contribution is 0.273. The maximum atomic E-state index is 5.07. The Morgan fingerprint density at radius 3 is 2.76 bits per heavy atom. The molecule has 116 valence electrons. The number of rotatable bonds is 4. The van der Waals surface area contributed by atoms with Gasteiger partial charge in [0.25, 0.3) is 0 Å². The van der Waals surface area contributed by atoms with Crippen LogP contribution in [0.4, 0.5) is 0 Å². The number of likely N-dealkylation sites (tertiary alicyclic amines) is 1. The van der Waals surface area contributed by atoms with Gasteiger partial charge in [-0.05, 0) is 31.2 Å². The highest BCUT2D eigenvalue weighted by Gasteiger charge is 2.18. The molecule has 1 saturated heterocycles. The van der Waals surface area contributed by atoms with Gasteiger partial charge in [0.05, 0.1) is 13.7 Å². The van der Waals surface area contributed by atoms with Crippen molar-refractivity contribution >= 4 is 5.96 Å². The molecule has 5 heteroatoms. The van der Waals surface area contributed by atoms with Crippen molar-refractivity contribution < 1.29 is 4.74 Å². The average molecular weight is 290 g/mol. The number of hydrogen-bond acceptors (Lipinski definition) is 3. The van der Waals surface area contributed by atoms with Gasteiger partial charge in [0.1, 0.15) is 0 Å². The molecule has 0 unspecified atom stereocenters. The van der Waals surface area contributed by atoms with E-state index < -0.39 is 0 Å². The first kappa shape index (κ1) is 15.6. The minimum Gasteiger partial charge on any atom is -0.481 e.